The smallest absolute Gasteiger partial charge is 0.258 e. The molecule has 0 unspecified atom stereocenters. The van der Waals surface area contributed by atoms with Gasteiger partial charge in [0.15, 0.2) is 4.96 Å². The molecule has 3 aromatic rings. The van der Waals surface area contributed by atoms with Gasteiger partial charge in [0.05, 0.1) is 11.4 Å². The highest BCUT2D eigenvalue weighted by Crippen LogP contribution is 2.22. The highest BCUT2D eigenvalue weighted by atomic mass is 32.2. The molecule has 0 saturated heterocycles. The average molecular weight is 321 g/mol. The van der Waals surface area contributed by atoms with Crippen molar-refractivity contribution in [3.63, 3.8) is 0 Å². The van der Waals surface area contributed by atoms with Crippen LogP contribution in [0.2, 0.25) is 0 Å². The van der Waals surface area contributed by atoms with E-state index < -0.39 is 0 Å². The highest BCUT2D eigenvalue weighted by Gasteiger charge is 2.10. The predicted molar refractivity (Wildman–Crippen MR) is 85.1 cm³/mol. The molecule has 3 heterocycles. The van der Waals surface area contributed by atoms with E-state index >= 15 is 0 Å². The molecule has 110 valence electrons. The lowest BCUT2D eigenvalue weighted by Crippen LogP contribution is -2.14. The topological polar surface area (TPSA) is 60.4 Å². The van der Waals surface area contributed by atoms with Crippen molar-refractivity contribution in [2.75, 3.05) is 0 Å². The molecule has 0 saturated carbocycles. The Kier molecular flexibility index (Phi) is 3.86. The summed E-state index contributed by atoms with van der Waals surface area (Å²) >= 11 is 3.21. The lowest BCUT2D eigenvalue weighted by Gasteiger charge is -2.02. The summed E-state index contributed by atoms with van der Waals surface area (Å²) in [6.45, 7) is 5.77. The molecule has 0 amide bonds. The van der Waals surface area contributed by atoms with Gasteiger partial charge in [-0.1, -0.05) is 5.16 Å². The van der Waals surface area contributed by atoms with Gasteiger partial charge in [-0.3, -0.25) is 9.20 Å². The number of aromatic nitrogens is 3. The Labute approximate surface area is 130 Å². The van der Waals surface area contributed by atoms with E-state index in [9.17, 15) is 4.79 Å². The normalized spacial score (nSPS) is 11.4. The summed E-state index contributed by atoms with van der Waals surface area (Å²) in [5.74, 6) is 2.37. The zero-order valence-electron chi connectivity index (χ0n) is 12.0. The fourth-order valence-electron chi connectivity index (χ4n) is 2.14. The van der Waals surface area contributed by atoms with Crippen LogP contribution in [0.15, 0.2) is 20.8 Å². The van der Waals surface area contributed by atoms with Gasteiger partial charge in [-0.15, -0.1) is 11.3 Å². The van der Waals surface area contributed by atoms with E-state index in [1.54, 1.807) is 22.2 Å². The minimum atomic E-state index is -0.00770. The Morgan fingerprint density at radius 1 is 1.33 bits per heavy atom. The third-order valence-corrected chi connectivity index (χ3v) is 5.24. The lowest BCUT2D eigenvalue weighted by molar-refractivity contribution is 0.392. The first-order valence-corrected chi connectivity index (χ1v) is 8.56. The maximum Gasteiger partial charge on any atom is 0.258 e. The molecule has 21 heavy (non-hydrogen) atoms. The molecule has 0 N–H and O–H groups in total. The molecule has 0 spiro atoms. The second-order valence-electron chi connectivity index (χ2n) is 4.88. The highest BCUT2D eigenvalue weighted by molar-refractivity contribution is 7.97. The maximum absolute atomic E-state index is 12.1. The minimum absolute atomic E-state index is 0.00770. The van der Waals surface area contributed by atoms with E-state index in [-0.39, 0.29) is 5.56 Å². The van der Waals surface area contributed by atoms with Crippen LogP contribution in [0, 0.1) is 20.8 Å². The van der Waals surface area contributed by atoms with Crippen LogP contribution in [0.5, 0.6) is 0 Å². The summed E-state index contributed by atoms with van der Waals surface area (Å²) in [4.78, 5) is 17.4. The molecule has 5 nitrogen and oxygen atoms in total. The fourth-order valence-corrected chi connectivity index (χ4v) is 4.11. The van der Waals surface area contributed by atoms with Gasteiger partial charge in [0.25, 0.3) is 5.56 Å². The van der Waals surface area contributed by atoms with Gasteiger partial charge in [-0.05, 0) is 20.8 Å². The third-order valence-electron chi connectivity index (χ3n) is 3.31. The average Bonchev–Trinajstić information content (AvgIpc) is 2.96. The van der Waals surface area contributed by atoms with E-state index in [1.807, 2.05) is 26.2 Å². The van der Waals surface area contributed by atoms with Crippen molar-refractivity contribution in [1.29, 1.82) is 0 Å². The molecule has 3 rings (SSSR count). The van der Waals surface area contributed by atoms with E-state index in [0.717, 1.165) is 39.1 Å². The van der Waals surface area contributed by atoms with Crippen LogP contribution < -0.4 is 5.56 Å². The van der Waals surface area contributed by atoms with Gasteiger partial charge in [-0.25, -0.2) is 4.98 Å². The summed E-state index contributed by atoms with van der Waals surface area (Å²) in [6, 6.07) is 1.62. The third kappa shape index (κ3) is 2.75. The number of hydrogen-bond donors (Lipinski definition) is 0. The van der Waals surface area contributed by atoms with Gasteiger partial charge >= 0.3 is 0 Å². The second-order valence-corrected chi connectivity index (χ2v) is 6.70. The summed E-state index contributed by atoms with van der Waals surface area (Å²) in [5.41, 5.74) is 3.80. The number of hydrogen-bond acceptors (Lipinski definition) is 6. The molecule has 0 bridgehead atoms. The van der Waals surface area contributed by atoms with E-state index in [0.29, 0.717) is 5.75 Å². The largest absolute Gasteiger partial charge is 0.361 e. The van der Waals surface area contributed by atoms with Crippen molar-refractivity contribution in [2.24, 2.45) is 0 Å². The van der Waals surface area contributed by atoms with Crippen LogP contribution in [-0.4, -0.2) is 14.5 Å². The Balaban J connectivity index is 1.75. The molecule has 0 aliphatic rings. The van der Waals surface area contributed by atoms with E-state index in [4.69, 9.17) is 4.52 Å². The standard InChI is InChI=1S/C14H15N3O2S2/c1-8-5-21-14-15-11(4-13(18)17(8)14)6-20-7-12-9(2)16-19-10(12)3/h4-5H,6-7H2,1-3H3. The van der Waals surface area contributed by atoms with E-state index in [1.165, 1.54) is 11.3 Å². The number of fused-ring (bicyclic) bond motifs is 1. The lowest BCUT2D eigenvalue weighted by atomic mass is 10.2. The first kappa shape index (κ1) is 14.3. The molecular formula is C14H15N3O2S2. The van der Waals surface area contributed by atoms with Crippen LogP contribution in [0.1, 0.15) is 28.4 Å². The molecule has 0 aliphatic carbocycles. The molecule has 7 heteroatoms. The van der Waals surface area contributed by atoms with Gasteiger partial charge in [-0.2, -0.15) is 11.8 Å². The maximum atomic E-state index is 12.1. The molecule has 0 aromatic carbocycles. The fraction of sp³-hybridized carbons (Fsp3) is 0.357. The summed E-state index contributed by atoms with van der Waals surface area (Å²) < 4.78 is 6.79. The Bertz CT molecular complexity index is 828. The summed E-state index contributed by atoms with van der Waals surface area (Å²) in [5, 5.41) is 5.89. The van der Waals surface area contributed by atoms with E-state index in [2.05, 4.69) is 10.1 Å². The van der Waals surface area contributed by atoms with Crippen molar-refractivity contribution >= 4 is 28.1 Å². The Hall–Kier alpha value is -1.60. The molecule has 0 radical (unpaired) electrons. The predicted octanol–water partition coefficient (Wildman–Crippen LogP) is 3.10. The number of aryl methyl sites for hydroxylation is 3. The van der Waals surface area contributed by atoms with Crippen LogP contribution in [-0.2, 0) is 11.5 Å². The van der Waals surface area contributed by atoms with Crippen molar-refractivity contribution in [1.82, 2.24) is 14.5 Å². The number of thiazole rings is 1. The first-order chi connectivity index (χ1) is 10.1. The van der Waals surface area contributed by atoms with Crippen LogP contribution >= 0.6 is 23.1 Å². The number of nitrogens with zero attached hydrogens (tertiary/aromatic N) is 3. The Morgan fingerprint density at radius 2 is 2.14 bits per heavy atom. The summed E-state index contributed by atoms with van der Waals surface area (Å²) in [6.07, 6.45) is 0. The van der Waals surface area contributed by atoms with Crippen molar-refractivity contribution in [3.05, 3.63) is 50.2 Å². The van der Waals surface area contributed by atoms with Crippen molar-refractivity contribution < 1.29 is 4.52 Å². The summed E-state index contributed by atoms with van der Waals surface area (Å²) in [7, 11) is 0. The van der Waals surface area contributed by atoms with Gasteiger partial charge in [0.2, 0.25) is 0 Å². The van der Waals surface area contributed by atoms with Crippen LogP contribution in [0.25, 0.3) is 4.96 Å². The van der Waals surface area contributed by atoms with Crippen LogP contribution in [0.4, 0.5) is 0 Å². The molecule has 0 fully saturated rings. The number of rotatable bonds is 4. The molecular weight excluding hydrogens is 306 g/mol. The second kappa shape index (κ2) is 5.65. The van der Waals surface area contributed by atoms with Crippen LogP contribution in [0.3, 0.4) is 0 Å². The van der Waals surface area contributed by atoms with Gasteiger partial charge < -0.3 is 4.52 Å². The zero-order chi connectivity index (χ0) is 15.0. The SMILES string of the molecule is Cc1noc(C)c1CSCc1cc(=O)n2c(C)csc2n1. The first-order valence-electron chi connectivity index (χ1n) is 6.52. The molecule has 0 aliphatic heterocycles. The number of thioether (sulfide) groups is 1. The molecule has 3 aromatic heterocycles. The Morgan fingerprint density at radius 3 is 2.86 bits per heavy atom. The monoisotopic (exact) mass is 321 g/mol. The minimum Gasteiger partial charge on any atom is -0.361 e. The van der Waals surface area contributed by atoms with Gasteiger partial charge in [0, 0.05) is 34.2 Å². The molecule has 0 atom stereocenters. The quantitative estimate of drug-likeness (QED) is 0.739. The zero-order valence-corrected chi connectivity index (χ0v) is 13.7. The van der Waals surface area contributed by atoms with Crippen molar-refractivity contribution in [3.8, 4) is 0 Å². The van der Waals surface area contributed by atoms with Gasteiger partial charge in [0.1, 0.15) is 5.76 Å². The van der Waals surface area contributed by atoms with Crippen molar-refractivity contribution in [2.45, 2.75) is 32.3 Å².